The van der Waals surface area contributed by atoms with E-state index in [1.807, 2.05) is 34.3 Å². The Morgan fingerprint density at radius 1 is 0.719 bits per heavy atom. The zero-order chi connectivity index (χ0) is 24.8. The molecule has 2 aromatic carbocycles. The van der Waals surface area contributed by atoms with Crippen LogP contribution in [0.25, 0.3) is 0 Å². The van der Waals surface area contributed by atoms with Crippen LogP contribution in [0, 0.1) is 20.8 Å². The molecule has 1 fully saturated rings. The molecular formula is C19H26B3Br2F3N2O3. The molecule has 174 valence electrons. The van der Waals surface area contributed by atoms with Crippen molar-refractivity contribution in [3.8, 4) is 0 Å². The number of aryl methyl sites for hydroxylation is 3. The zero-order valence-corrected chi connectivity index (χ0v) is 22.0. The van der Waals surface area contributed by atoms with Crippen molar-refractivity contribution in [3.63, 3.8) is 0 Å². The Labute approximate surface area is 205 Å². The number of hydrogen-bond donors (Lipinski definition) is 2. The van der Waals surface area contributed by atoms with E-state index in [0.717, 1.165) is 17.8 Å². The average molecular weight is 580 g/mol. The molecule has 0 bridgehead atoms. The lowest BCUT2D eigenvalue weighted by Gasteiger charge is -2.25. The van der Waals surface area contributed by atoms with Crippen LogP contribution in [-0.4, -0.2) is 21.4 Å². The zero-order valence-electron chi connectivity index (χ0n) is 18.8. The standard InChI is InChI=1S/C9H13N.C7H4Br2F3N.C3H9B3O3/c1-6-4-7(2)9(10)8(3)5-6;8-4-1-3(7(10,11)12)2-5(9)6(4)13;1-4-7-5(2)9-6(3)8-4/h4-5H,10H2,1-3H3;1-2H,13H2;1-3H3. The third kappa shape index (κ3) is 9.39. The normalized spacial score (nSPS) is 13.8. The number of hydrogen-bond acceptors (Lipinski definition) is 5. The lowest BCUT2D eigenvalue weighted by Crippen LogP contribution is -2.44. The van der Waals surface area contributed by atoms with Crippen molar-refractivity contribution >= 4 is 64.6 Å². The van der Waals surface area contributed by atoms with Gasteiger partial charge in [0.05, 0.1) is 11.3 Å². The fourth-order valence-electron chi connectivity index (χ4n) is 2.84. The summed E-state index contributed by atoms with van der Waals surface area (Å²) in [6, 6.07) is 6.09. The van der Waals surface area contributed by atoms with Gasteiger partial charge in [-0.1, -0.05) is 17.7 Å². The van der Waals surface area contributed by atoms with Gasteiger partial charge < -0.3 is 25.2 Å². The quantitative estimate of drug-likeness (QED) is 0.279. The number of halogens is 5. The Bertz CT molecular complexity index is 852. The van der Waals surface area contributed by atoms with E-state index in [1.165, 1.54) is 16.7 Å². The van der Waals surface area contributed by atoms with E-state index in [1.54, 1.807) is 0 Å². The molecule has 3 rings (SSSR count). The number of rotatable bonds is 0. The molecule has 2 aromatic rings. The second kappa shape index (κ2) is 12.4. The van der Waals surface area contributed by atoms with Gasteiger partial charge in [-0.15, -0.1) is 0 Å². The van der Waals surface area contributed by atoms with Crippen LogP contribution in [0.15, 0.2) is 33.2 Å². The Balaban J connectivity index is 0.000000245. The van der Waals surface area contributed by atoms with Crippen LogP contribution in [0.3, 0.4) is 0 Å². The minimum absolute atomic E-state index is 0.135. The largest absolute Gasteiger partial charge is 0.453 e. The van der Waals surface area contributed by atoms with Crippen molar-refractivity contribution in [2.75, 3.05) is 11.5 Å². The third-order valence-corrected chi connectivity index (χ3v) is 5.61. The predicted octanol–water partition coefficient (Wildman–Crippen LogP) is 6.41. The molecule has 13 heteroatoms. The molecule has 0 amide bonds. The maximum Gasteiger partial charge on any atom is 0.426 e. The highest BCUT2D eigenvalue weighted by molar-refractivity contribution is 9.11. The van der Waals surface area contributed by atoms with E-state index in [2.05, 4.69) is 50.9 Å². The summed E-state index contributed by atoms with van der Waals surface area (Å²) in [5.41, 5.74) is 15.3. The van der Waals surface area contributed by atoms with Crippen molar-refractivity contribution in [1.29, 1.82) is 0 Å². The second-order valence-corrected chi connectivity index (χ2v) is 8.98. The van der Waals surface area contributed by atoms with Crippen molar-refractivity contribution in [1.82, 2.24) is 0 Å². The number of nitrogen functional groups attached to an aromatic ring is 2. The summed E-state index contributed by atoms with van der Waals surface area (Å²) in [6.45, 7) is 11.7. The van der Waals surface area contributed by atoms with Crippen LogP contribution in [0.4, 0.5) is 24.5 Å². The molecule has 1 aliphatic heterocycles. The lowest BCUT2D eigenvalue weighted by atomic mass is 9.74. The van der Waals surface area contributed by atoms with Crippen LogP contribution >= 0.6 is 31.9 Å². The van der Waals surface area contributed by atoms with Gasteiger partial charge in [-0.05, 0) is 96.4 Å². The first kappa shape index (κ1) is 28.9. The molecule has 4 N–H and O–H groups in total. The molecule has 0 spiro atoms. The topological polar surface area (TPSA) is 79.7 Å². The minimum Gasteiger partial charge on any atom is -0.453 e. The van der Waals surface area contributed by atoms with E-state index in [9.17, 15) is 13.2 Å². The Hall–Kier alpha value is -1.14. The average Bonchev–Trinajstić information content (AvgIpc) is 2.62. The molecule has 1 saturated heterocycles. The van der Waals surface area contributed by atoms with Crippen molar-refractivity contribution in [3.05, 3.63) is 55.5 Å². The number of nitrogens with two attached hydrogens (primary N) is 2. The van der Waals surface area contributed by atoms with Crippen LogP contribution in [-0.2, 0) is 19.9 Å². The van der Waals surface area contributed by atoms with E-state index in [4.69, 9.17) is 25.2 Å². The molecule has 0 saturated carbocycles. The summed E-state index contributed by atoms with van der Waals surface area (Å²) in [4.78, 5) is 0. The summed E-state index contributed by atoms with van der Waals surface area (Å²) in [7, 11) is -0.406. The molecular weight excluding hydrogens is 553 g/mol. The number of alkyl halides is 3. The molecule has 5 nitrogen and oxygen atoms in total. The SMILES string of the molecule is CB1OB(C)OB(C)O1.Cc1cc(C)c(N)c(C)c1.Nc1c(Br)cc(C(F)(F)F)cc1Br. The maximum absolute atomic E-state index is 12.2. The Morgan fingerprint density at radius 2 is 1.06 bits per heavy atom. The minimum atomic E-state index is -4.35. The van der Waals surface area contributed by atoms with Crippen molar-refractivity contribution in [2.24, 2.45) is 0 Å². The van der Waals surface area contributed by atoms with Gasteiger partial charge >= 0.3 is 27.5 Å². The molecule has 0 unspecified atom stereocenters. The highest BCUT2D eigenvalue weighted by Gasteiger charge is 2.32. The van der Waals surface area contributed by atoms with Gasteiger partial charge in [-0.25, -0.2) is 0 Å². The first-order valence-electron chi connectivity index (χ1n) is 9.73. The van der Waals surface area contributed by atoms with E-state index in [0.29, 0.717) is 0 Å². The predicted molar refractivity (Wildman–Crippen MR) is 134 cm³/mol. The summed E-state index contributed by atoms with van der Waals surface area (Å²) in [6.07, 6.45) is -4.35. The number of benzene rings is 2. The Kier molecular flexibility index (Phi) is 11.2. The molecule has 0 atom stereocenters. The smallest absolute Gasteiger partial charge is 0.426 e. The van der Waals surface area contributed by atoms with Crippen molar-refractivity contribution in [2.45, 2.75) is 47.4 Å². The van der Waals surface area contributed by atoms with Gasteiger partial charge in [0.2, 0.25) is 0 Å². The van der Waals surface area contributed by atoms with E-state index in [-0.39, 0.29) is 36.0 Å². The van der Waals surface area contributed by atoms with Gasteiger partial charge in [0, 0.05) is 14.6 Å². The molecule has 1 aliphatic rings. The van der Waals surface area contributed by atoms with E-state index >= 15 is 0 Å². The van der Waals surface area contributed by atoms with Crippen LogP contribution in [0.1, 0.15) is 22.3 Å². The molecule has 32 heavy (non-hydrogen) atoms. The summed E-state index contributed by atoms with van der Waals surface area (Å²) in [5.74, 6) is 0. The van der Waals surface area contributed by atoms with Gasteiger partial charge in [0.1, 0.15) is 0 Å². The summed E-state index contributed by atoms with van der Waals surface area (Å²) >= 11 is 5.87. The third-order valence-electron chi connectivity index (χ3n) is 4.29. The van der Waals surface area contributed by atoms with Gasteiger partial charge in [0.15, 0.2) is 0 Å². The van der Waals surface area contributed by atoms with Gasteiger partial charge in [-0.2, -0.15) is 13.2 Å². The summed E-state index contributed by atoms with van der Waals surface area (Å²) in [5, 5.41) is 0. The molecule has 0 radical (unpaired) electrons. The van der Waals surface area contributed by atoms with Crippen LogP contribution < -0.4 is 11.5 Å². The molecule has 0 aromatic heterocycles. The van der Waals surface area contributed by atoms with Crippen LogP contribution in [0.5, 0.6) is 0 Å². The maximum atomic E-state index is 12.2. The van der Waals surface area contributed by atoms with Crippen molar-refractivity contribution < 1.29 is 26.9 Å². The van der Waals surface area contributed by atoms with Gasteiger partial charge in [0.25, 0.3) is 0 Å². The number of anilines is 2. The molecule has 1 heterocycles. The Morgan fingerprint density at radius 3 is 1.38 bits per heavy atom. The highest BCUT2D eigenvalue weighted by Crippen LogP contribution is 2.37. The monoisotopic (exact) mass is 578 g/mol. The van der Waals surface area contributed by atoms with Crippen LogP contribution in [0.2, 0.25) is 20.5 Å². The fraction of sp³-hybridized carbons (Fsp3) is 0.368. The first-order valence-corrected chi connectivity index (χ1v) is 11.3. The fourth-order valence-corrected chi connectivity index (χ4v) is 4.03. The van der Waals surface area contributed by atoms with Gasteiger partial charge in [-0.3, -0.25) is 0 Å². The lowest BCUT2D eigenvalue weighted by molar-refractivity contribution is -0.137. The molecule has 0 aliphatic carbocycles. The van der Waals surface area contributed by atoms with E-state index < -0.39 is 11.7 Å². The second-order valence-electron chi connectivity index (χ2n) is 7.27. The highest BCUT2D eigenvalue weighted by atomic mass is 79.9. The summed E-state index contributed by atoms with van der Waals surface area (Å²) < 4.78 is 52.4. The first-order chi connectivity index (χ1) is 14.6.